The van der Waals surface area contributed by atoms with Crippen molar-refractivity contribution in [3.8, 4) is 33.6 Å². The molecule has 1 aliphatic carbocycles. The van der Waals surface area contributed by atoms with Gasteiger partial charge in [0, 0.05) is 39.1 Å². The van der Waals surface area contributed by atoms with Crippen LogP contribution in [0.5, 0.6) is 0 Å². The monoisotopic (exact) mass is 615 g/mol. The summed E-state index contributed by atoms with van der Waals surface area (Å²) in [5, 5.41) is 3.73. The van der Waals surface area contributed by atoms with Gasteiger partial charge in [0.25, 0.3) is 0 Å². The number of aromatic nitrogens is 3. The number of hydrogen-bond acceptors (Lipinski definition) is 1. The molecule has 10 rings (SSSR count). The molecular weight excluding hydrogens is 583 g/mol. The molecule has 0 saturated heterocycles. The van der Waals surface area contributed by atoms with Gasteiger partial charge in [0.05, 0.1) is 27.6 Å². The molecule has 228 valence electrons. The Morgan fingerprint density at radius 2 is 1.23 bits per heavy atom. The maximum Gasteiger partial charge on any atom is 0.0963 e. The Morgan fingerprint density at radius 1 is 0.521 bits per heavy atom. The maximum atomic E-state index is 5.00. The Balaban J connectivity index is 1.16. The molecule has 0 saturated carbocycles. The molecule has 0 radical (unpaired) electrons. The highest BCUT2D eigenvalue weighted by Crippen LogP contribution is 2.52. The van der Waals surface area contributed by atoms with E-state index >= 15 is 0 Å². The van der Waals surface area contributed by atoms with E-state index in [4.69, 9.17) is 4.98 Å². The third-order valence-corrected chi connectivity index (χ3v) is 10.6. The summed E-state index contributed by atoms with van der Waals surface area (Å²) >= 11 is 0. The quantitative estimate of drug-likeness (QED) is 0.194. The second-order valence-corrected chi connectivity index (χ2v) is 13.7. The van der Waals surface area contributed by atoms with E-state index in [1.54, 1.807) is 0 Å². The van der Waals surface area contributed by atoms with Crippen LogP contribution in [0, 0.1) is 6.92 Å². The van der Waals surface area contributed by atoms with Crippen LogP contribution in [0.15, 0.2) is 146 Å². The number of aryl methyl sites for hydroxylation is 1. The van der Waals surface area contributed by atoms with E-state index in [0.717, 1.165) is 22.3 Å². The van der Waals surface area contributed by atoms with E-state index in [1.807, 2.05) is 6.20 Å². The summed E-state index contributed by atoms with van der Waals surface area (Å²) in [7, 11) is 0. The summed E-state index contributed by atoms with van der Waals surface area (Å²) in [6.45, 7) is 6.87. The number of nitrogens with zero attached hydrogens (tertiary/aromatic N) is 3. The predicted molar refractivity (Wildman–Crippen MR) is 201 cm³/mol. The number of para-hydroxylation sites is 2. The first-order chi connectivity index (χ1) is 23.5. The van der Waals surface area contributed by atoms with E-state index in [-0.39, 0.29) is 5.41 Å². The van der Waals surface area contributed by atoms with Crippen molar-refractivity contribution in [3.05, 3.63) is 162 Å². The topological polar surface area (TPSA) is 22.8 Å². The summed E-state index contributed by atoms with van der Waals surface area (Å²) < 4.78 is 4.83. The Bertz CT molecular complexity index is 2740. The van der Waals surface area contributed by atoms with Crippen molar-refractivity contribution in [2.24, 2.45) is 0 Å². The Morgan fingerprint density at radius 3 is 2.08 bits per heavy atom. The van der Waals surface area contributed by atoms with Crippen LogP contribution < -0.4 is 0 Å². The van der Waals surface area contributed by atoms with Crippen molar-refractivity contribution >= 4 is 43.7 Å². The molecular formula is C45H33N3. The summed E-state index contributed by atoms with van der Waals surface area (Å²) in [4.78, 5) is 5.00. The van der Waals surface area contributed by atoms with Gasteiger partial charge in [-0.15, -0.1) is 0 Å². The van der Waals surface area contributed by atoms with E-state index in [1.165, 1.54) is 71.8 Å². The third-order valence-electron chi connectivity index (χ3n) is 10.6. The second kappa shape index (κ2) is 9.79. The average Bonchev–Trinajstić information content (AvgIpc) is 3.71. The lowest BCUT2D eigenvalue weighted by Crippen LogP contribution is -2.16. The lowest BCUT2D eigenvalue weighted by molar-refractivity contribution is 0.664. The lowest BCUT2D eigenvalue weighted by Gasteiger charge is -2.23. The Hall–Kier alpha value is -5.93. The van der Waals surface area contributed by atoms with Gasteiger partial charge in [0.2, 0.25) is 0 Å². The molecule has 0 spiro atoms. The first-order valence-electron chi connectivity index (χ1n) is 16.7. The molecule has 6 aromatic carbocycles. The fraction of sp³-hybridized carbons (Fsp3) is 0.0889. The molecule has 48 heavy (non-hydrogen) atoms. The van der Waals surface area contributed by atoms with Gasteiger partial charge in [-0.05, 0) is 100 Å². The fourth-order valence-corrected chi connectivity index (χ4v) is 8.40. The summed E-state index contributed by atoms with van der Waals surface area (Å²) in [5.41, 5.74) is 17.1. The van der Waals surface area contributed by atoms with Gasteiger partial charge in [-0.1, -0.05) is 98.8 Å². The van der Waals surface area contributed by atoms with Crippen LogP contribution in [-0.4, -0.2) is 14.1 Å². The highest BCUT2D eigenvalue weighted by Gasteiger charge is 2.38. The van der Waals surface area contributed by atoms with Crippen LogP contribution in [0.4, 0.5) is 0 Å². The molecule has 0 unspecified atom stereocenters. The van der Waals surface area contributed by atoms with Crippen molar-refractivity contribution in [1.29, 1.82) is 0 Å². The van der Waals surface area contributed by atoms with Crippen molar-refractivity contribution in [3.63, 3.8) is 0 Å². The van der Waals surface area contributed by atoms with Crippen LogP contribution in [0.25, 0.3) is 77.4 Å². The molecule has 0 amide bonds. The highest BCUT2D eigenvalue weighted by atomic mass is 15.0. The van der Waals surface area contributed by atoms with Gasteiger partial charge < -0.3 is 9.13 Å². The molecule has 3 heteroatoms. The van der Waals surface area contributed by atoms with Crippen LogP contribution in [0.1, 0.15) is 30.5 Å². The molecule has 3 aromatic heterocycles. The standard InChI is InChI=1S/C45H33N3/c1-28-25-41-43(46-27-28)36-23-22-35-33-13-7-9-15-38(33)45(2,3)42(35)44(36)48(41)32-20-17-29(18-21-32)30-19-24-40-37(26-30)34-14-8-10-16-39(34)47(40)31-11-5-4-6-12-31/h4-27H,1-3H3. The fourth-order valence-electron chi connectivity index (χ4n) is 8.40. The SMILES string of the molecule is Cc1cnc2c3ccc4c(c3n(-c3ccc(-c5ccc6c(c5)c5ccccc5n6-c5ccccc5)cc3)c2c1)C(C)(C)c1ccccc1-4. The third kappa shape index (κ3) is 3.67. The zero-order valence-corrected chi connectivity index (χ0v) is 27.2. The van der Waals surface area contributed by atoms with Gasteiger partial charge in [0.15, 0.2) is 0 Å². The van der Waals surface area contributed by atoms with Crippen molar-refractivity contribution in [2.75, 3.05) is 0 Å². The van der Waals surface area contributed by atoms with Crippen molar-refractivity contribution in [2.45, 2.75) is 26.2 Å². The van der Waals surface area contributed by atoms with Gasteiger partial charge in [-0.25, -0.2) is 0 Å². The van der Waals surface area contributed by atoms with E-state index in [0.29, 0.717) is 0 Å². The van der Waals surface area contributed by atoms with E-state index in [2.05, 4.69) is 169 Å². The number of fused-ring (bicyclic) bond motifs is 10. The minimum Gasteiger partial charge on any atom is -0.309 e. The normalized spacial score (nSPS) is 13.5. The first-order valence-corrected chi connectivity index (χ1v) is 16.7. The number of hydrogen-bond donors (Lipinski definition) is 0. The second-order valence-electron chi connectivity index (χ2n) is 13.7. The molecule has 9 aromatic rings. The number of rotatable bonds is 3. The van der Waals surface area contributed by atoms with Crippen LogP contribution in [0.2, 0.25) is 0 Å². The van der Waals surface area contributed by atoms with Crippen molar-refractivity contribution < 1.29 is 0 Å². The number of benzene rings is 6. The smallest absolute Gasteiger partial charge is 0.0963 e. The highest BCUT2D eigenvalue weighted by molar-refractivity contribution is 6.12. The zero-order valence-electron chi connectivity index (χ0n) is 27.2. The summed E-state index contributed by atoms with van der Waals surface area (Å²) in [6.07, 6.45) is 1.99. The molecule has 1 aliphatic rings. The predicted octanol–water partition coefficient (Wildman–Crippen LogP) is 11.6. The van der Waals surface area contributed by atoms with Gasteiger partial charge >= 0.3 is 0 Å². The molecule has 0 N–H and O–H groups in total. The van der Waals surface area contributed by atoms with Gasteiger partial charge in [-0.3, -0.25) is 4.98 Å². The Labute approximate surface area is 279 Å². The molecule has 0 aliphatic heterocycles. The summed E-state index contributed by atoms with van der Waals surface area (Å²) in [6, 6.07) is 51.1. The Kier molecular flexibility index (Phi) is 5.55. The molecule has 3 nitrogen and oxygen atoms in total. The lowest BCUT2D eigenvalue weighted by atomic mass is 9.81. The minimum atomic E-state index is -0.138. The van der Waals surface area contributed by atoms with Crippen LogP contribution in [0.3, 0.4) is 0 Å². The number of pyridine rings is 1. The van der Waals surface area contributed by atoms with Gasteiger partial charge in [-0.2, -0.15) is 0 Å². The molecule has 0 atom stereocenters. The summed E-state index contributed by atoms with van der Waals surface area (Å²) in [5.74, 6) is 0. The largest absolute Gasteiger partial charge is 0.309 e. The van der Waals surface area contributed by atoms with Gasteiger partial charge in [0.1, 0.15) is 0 Å². The van der Waals surface area contributed by atoms with E-state index < -0.39 is 0 Å². The molecule has 3 heterocycles. The molecule has 0 fully saturated rings. The molecule has 0 bridgehead atoms. The maximum absolute atomic E-state index is 5.00. The minimum absolute atomic E-state index is 0.138. The zero-order chi connectivity index (χ0) is 32.1. The van der Waals surface area contributed by atoms with E-state index in [9.17, 15) is 0 Å². The van der Waals surface area contributed by atoms with Crippen LogP contribution >= 0.6 is 0 Å². The van der Waals surface area contributed by atoms with Crippen molar-refractivity contribution in [1.82, 2.24) is 14.1 Å². The van der Waals surface area contributed by atoms with Crippen LogP contribution in [-0.2, 0) is 5.41 Å². The average molecular weight is 616 g/mol. The first kappa shape index (κ1) is 27.2.